The molecule has 1 atom stereocenters. The topological polar surface area (TPSA) is 145 Å². The Bertz CT molecular complexity index is 1120. The van der Waals surface area contributed by atoms with Crippen LogP contribution in [-0.4, -0.2) is 41.8 Å². The molecule has 1 aromatic carbocycles. The Morgan fingerprint density at radius 3 is 2.67 bits per heavy atom. The van der Waals surface area contributed by atoms with Crippen LogP contribution in [0.25, 0.3) is 11.2 Å². The van der Waals surface area contributed by atoms with Crippen LogP contribution in [0.3, 0.4) is 0 Å². The monoisotopic (exact) mass is 439 g/mol. The number of hydrogen-bond acceptors (Lipinski definition) is 7. The summed E-state index contributed by atoms with van der Waals surface area (Å²) in [7, 11) is 1.47. The third-order valence-corrected chi connectivity index (χ3v) is 4.45. The standard InChI is InChI=1S/C15H14BrN5O6/c1-19-12-11(13(23)18-15(19)24)20(14(16)17-12)6-9(22)7-27-10-4-2-8(3-5-10)21(25)26/h2-5,9,22H,6-7H2,1H3,(H,18,23,24)/t9-/m0/s1. The van der Waals surface area contributed by atoms with E-state index in [-0.39, 0.29) is 34.7 Å². The zero-order chi connectivity index (χ0) is 19.7. The van der Waals surface area contributed by atoms with E-state index in [4.69, 9.17) is 4.74 Å². The van der Waals surface area contributed by atoms with Crippen molar-refractivity contribution in [2.45, 2.75) is 12.6 Å². The van der Waals surface area contributed by atoms with Crippen LogP contribution in [0.15, 0.2) is 38.6 Å². The zero-order valence-corrected chi connectivity index (χ0v) is 15.5. The van der Waals surface area contributed by atoms with Crippen LogP contribution < -0.4 is 16.0 Å². The van der Waals surface area contributed by atoms with Gasteiger partial charge in [-0.3, -0.25) is 24.5 Å². The number of nitrogens with zero attached hydrogens (tertiary/aromatic N) is 4. The van der Waals surface area contributed by atoms with Gasteiger partial charge >= 0.3 is 5.69 Å². The second kappa shape index (κ2) is 7.32. The Balaban J connectivity index is 1.76. The summed E-state index contributed by atoms with van der Waals surface area (Å²) in [6.07, 6.45) is -1.01. The van der Waals surface area contributed by atoms with Gasteiger partial charge in [-0.1, -0.05) is 0 Å². The molecule has 0 amide bonds. The molecular weight excluding hydrogens is 426 g/mol. The van der Waals surface area contributed by atoms with E-state index in [0.29, 0.717) is 5.75 Å². The smallest absolute Gasteiger partial charge is 0.329 e. The Hall–Kier alpha value is -2.99. The van der Waals surface area contributed by atoms with Crippen LogP contribution in [-0.2, 0) is 13.6 Å². The van der Waals surface area contributed by atoms with E-state index in [1.807, 2.05) is 0 Å². The maximum atomic E-state index is 12.1. The number of nitrogens with one attached hydrogen (secondary N) is 1. The number of halogens is 1. The van der Waals surface area contributed by atoms with E-state index >= 15 is 0 Å². The average Bonchev–Trinajstić information content (AvgIpc) is 2.95. The molecule has 0 bridgehead atoms. The van der Waals surface area contributed by atoms with E-state index in [1.165, 1.54) is 40.4 Å². The highest BCUT2D eigenvalue weighted by atomic mass is 79.9. The van der Waals surface area contributed by atoms with Gasteiger partial charge in [0.15, 0.2) is 15.9 Å². The van der Waals surface area contributed by atoms with Gasteiger partial charge in [-0.05, 0) is 28.1 Å². The Morgan fingerprint density at radius 2 is 2.04 bits per heavy atom. The molecule has 12 heteroatoms. The molecular formula is C15H14BrN5O6. The maximum absolute atomic E-state index is 12.1. The minimum Gasteiger partial charge on any atom is -0.491 e. The lowest BCUT2D eigenvalue weighted by Gasteiger charge is -2.14. The van der Waals surface area contributed by atoms with Gasteiger partial charge in [0.25, 0.3) is 11.2 Å². The Labute approximate surface area is 159 Å². The van der Waals surface area contributed by atoms with Crippen LogP contribution in [0.4, 0.5) is 5.69 Å². The molecule has 0 fully saturated rings. The molecule has 0 radical (unpaired) electrons. The van der Waals surface area contributed by atoms with Gasteiger partial charge in [-0.2, -0.15) is 0 Å². The number of hydrogen-bond donors (Lipinski definition) is 2. The summed E-state index contributed by atoms with van der Waals surface area (Å²) in [6, 6.07) is 5.44. The van der Waals surface area contributed by atoms with E-state index < -0.39 is 22.3 Å². The number of H-pyrrole nitrogens is 1. The number of aryl methyl sites for hydroxylation is 1. The third kappa shape index (κ3) is 3.75. The maximum Gasteiger partial charge on any atom is 0.329 e. The largest absolute Gasteiger partial charge is 0.491 e. The number of fused-ring (bicyclic) bond motifs is 1. The molecule has 3 rings (SSSR count). The Morgan fingerprint density at radius 1 is 1.37 bits per heavy atom. The van der Waals surface area contributed by atoms with Crippen LogP contribution in [0.1, 0.15) is 0 Å². The van der Waals surface area contributed by atoms with Crippen molar-refractivity contribution in [1.82, 2.24) is 19.1 Å². The van der Waals surface area contributed by atoms with Crippen molar-refractivity contribution in [2.75, 3.05) is 6.61 Å². The Kier molecular flexibility index (Phi) is 5.10. The normalized spacial score (nSPS) is 12.3. The summed E-state index contributed by atoms with van der Waals surface area (Å²) < 4.78 is 8.31. The molecule has 0 aliphatic rings. The summed E-state index contributed by atoms with van der Waals surface area (Å²) in [5.41, 5.74) is -0.958. The lowest BCUT2D eigenvalue weighted by molar-refractivity contribution is -0.384. The van der Waals surface area contributed by atoms with E-state index in [1.54, 1.807) is 0 Å². The summed E-state index contributed by atoms with van der Waals surface area (Å²) in [5, 5.41) is 20.9. The molecule has 27 heavy (non-hydrogen) atoms. The van der Waals surface area contributed by atoms with Gasteiger partial charge in [0, 0.05) is 19.2 Å². The number of nitro benzene ring substituents is 1. The van der Waals surface area contributed by atoms with Crippen molar-refractivity contribution in [3.8, 4) is 5.75 Å². The third-order valence-electron chi connectivity index (χ3n) is 3.84. The lowest BCUT2D eigenvalue weighted by Crippen LogP contribution is -2.30. The number of rotatable bonds is 6. The number of imidazole rings is 1. The molecule has 2 N–H and O–H groups in total. The van der Waals surface area contributed by atoms with Crippen LogP contribution >= 0.6 is 15.9 Å². The number of benzene rings is 1. The SMILES string of the molecule is Cn1c(=O)[nH]c(=O)c2c1nc(Br)n2C[C@H](O)COc1ccc([N+](=O)[O-])cc1. The van der Waals surface area contributed by atoms with Gasteiger partial charge in [-0.25, -0.2) is 9.78 Å². The number of aromatic amines is 1. The van der Waals surface area contributed by atoms with Crippen molar-refractivity contribution in [1.29, 1.82) is 0 Å². The fourth-order valence-corrected chi connectivity index (χ4v) is 2.98. The highest BCUT2D eigenvalue weighted by Gasteiger charge is 2.18. The molecule has 3 aromatic rings. The highest BCUT2D eigenvalue weighted by Crippen LogP contribution is 2.19. The minimum absolute atomic E-state index is 0.0225. The first kappa shape index (κ1) is 18.8. The first-order valence-electron chi connectivity index (χ1n) is 7.68. The molecule has 142 valence electrons. The first-order valence-corrected chi connectivity index (χ1v) is 8.47. The molecule has 0 saturated heterocycles. The van der Waals surface area contributed by atoms with Crippen LogP contribution in [0, 0.1) is 10.1 Å². The molecule has 0 spiro atoms. The van der Waals surface area contributed by atoms with Crippen molar-refractivity contribution in [2.24, 2.45) is 7.05 Å². The van der Waals surface area contributed by atoms with Gasteiger partial charge < -0.3 is 14.4 Å². The zero-order valence-electron chi connectivity index (χ0n) is 14.0. The van der Waals surface area contributed by atoms with E-state index in [0.717, 1.165) is 0 Å². The van der Waals surface area contributed by atoms with Crippen molar-refractivity contribution < 1.29 is 14.8 Å². The number of aliphatic hydroxyl groups is 1. The quantitative estimate of drug-likeness (QED) is 0.323. The molecule has 0 aliphatic carbocycles. The molecule has 2 aromatic heterocycles. The number of nitro groups is 1. The predicted octanol–water partition coefficient (Wildman–Crippen LogP) is 0.534. The molecule has 0 unspecified atom stereocenters. The van der Waals surface area contributed by atoms with Crippen molar-refractivity contribution in [3.05, 3.63) is 60.0 Å². The van der Waals surface area contributed by atoms with Gasteiger partial charge in [0.05, 0.1) is 11.5 Å². The summed E-state index contributed by atoms with van der Waals surface area (Å²) >= 11 is 3.22. The van der Waals surface area contributed by atoms with Gasteiger partial charge in [-0.15, -0.1) is 0 Å². The summed E-state index contributed by atoms with van der Waals surface area (Å²) in [4.78, 5) is 40.2. The van der Waals surface area contributed by atoms with E-state index in [2.05, 4.69) is 25.9 Å². The highest BCUT2D eigenvalue weighted by molar-refractivity contribution is 9.10. The van der Waals surface area contributed by atoms with Crippen LogP contribution in [0.5, 0.6) is 5.75 Å². The van der Waals surface area contributed by atoms with Gasteiger partial charge in [0.2, 0.25) is 0 Å². The second-order valence-electron chi connectivity index (χ2n) is 5.70. The molecule has 2 heterocycles. The first-order chi connectivity index (χ1) is 12.8. The van der Waals surface area contributed by atoms with Crippen molar-refractivity contribution in [3.63, 3.8) is 0 Å². The molecule has 11 nitrogen and oxygen atoms in total. The lowest BCUT2D eigenvalue weighted by atomic mass is 10.3. The van der Waals surface area contributed by atoms with E-state index in [9.17, 15) is 24.8 Å². The minimum atomic E-state index is -1.01. The summed E-state index contributed by atoms with van der Waals surface area (Å²) in [5.74, 6) is 0.356. The van der Waals surface area contributed by atoms with Gasteiger partial charge in [0.1, 0.15) is 18.5 Å². The fraction of sp³-hybridized carbons (Fsp3) is 0.267. The number of aromatic nitrogens is 4. The second-order valence-corrected chi connectivity index (χ2v) is 6.41. The molecule has 0 aliphatic heterocycles. The van der Waals surface area contributed by atoms with Crippen LogP contribution in [0.2, 0.25) is 0 Å². The fourth-order valence-electron chi connectivity index (χ4n) is 2.49. The molecule has 0 saturated carbocycles. The van der Waals surface area contributed by atoms with Crippen molar-refractivity contribution >= 4 is 32.8 Å². The summed E-state index contributed by atoms with van der Waals surface area (Å²) in [6.45, 7) is -0.140. The number of aliphatic hydroxyl groups excluding tert-OH is 1. The predicted molar refractivity (Wildman–Crippen MR) is 97.9 cm³/mol. The number of ether oxygens (including phenoxy) is 1. The number of non-ortho nitro benzene ring substituents is 1. The average molecular weight is 440 g/mol.